The summed E-state index contributed by atoms with van der Waals surface area (Å²) in [6.07, 6.45) is 0. The number of nitrogens with zero attached hydrogens (tertiary/aromatic N) is 3. The molecule has 2 rings (SSSR count). The summed E-state index contributed by atoms with van der Waals surface area (Å²) in [4.78, 5) is 16.8. The number of hydrogen-bond donors (Lipinski definition) is 0. The molecular formula is C12H15N3O3S2. The molecule has 0 aliphatic carbocycles. The van der Waals surface area contributed by atoms with Crippen LogP contribution < -0.4 is 10.5 Å². The fourth-order valence-corrected chi connectivity index (χ4v) is 4.23. The second kappa shape index (κ2) is 5.37. The fourth-order valence-electron chi connectivity index (χ4n) is 1.55. The Labute approximate surface area is 120 Å². The van der Waals surface area contributed by atoms with E-state index in [2.05, 4.69) is 4.99 Å². The molecule has 0 atom stereocenters. The van der Waals surface area contributed by atoms with Crippen LogP contribution in [0.5, 0.6) is 0 Å². The molecule has 108 valence electrons. The van der Waals surface area contributed by atoms with Gasteiger partial charge in [0.2, 0.25) is 4.80 Å². The van der Waals surface area contributed by atoms with E-state index < -0.39 is 15.7 Å². The number of rotatable bonds is 3. The van der Waals surface area contributed by atoms with Gasteiger partial charge >= 0.3 is 5.69 Å². The van der Waals surface area contributed by atoms with Gasteiger partial charge in [-0.2, -0.15) is 8.42 Å². The molecule has 0 radical (unpaired) electrons. The Morgan fingerprint density at radius 1 is 1.20 bits per heavy atom. The molecule has 20 heavy (non-hydrogen) atoms. The van der Waals surface area contributed by atoms with Crippen LogP contribution in [0.3, 0.4) is 0 Å². The first kappa shape index (κ1) is 14.7. The molecule has 6 nitrogen and oxygen atoms in total. The van der Waals surface area contributed by atoms with Crippen LogP contribution >= 0.6 is 11.5 Å². The lowest BCUT2D eigenvalue weighted by atomic mass is 10.4. The maximum Gasteiger partial charge on any atom is 0.354 e. The molecule has 1 aromatic carbocycles. The van der Waals surface area contributed by atoms with Crippen LogP contribution in [-0.2, 0) is 17.1 Å². The molecule has 0 aliphatic heterocycles. The van der Waals surface area contributed by atoms with Gasteiger partial charge in [-0.05, 0) is 26.0 Å². The highest BCUT2D eigenvalue weighted by atomic mass is 32.3. The van der Waals surface area contributed by atoms with Crippen molar-refractivity contribution in [3.63, 3.8) is 0 Å². The van der Waals surface area contributed by atoms with Crippen molar-refractivity contribution in [3.8, 4) is 0 Å². The van der Waals surface area contributed by atoms with Gasteiger partial charge < -0.3 is 0 Å². The molecule has 1 heterocycles. The van der Waals surface area contributed by atoms with Gasteiger partial charge in [-0.15, -0.1) is 3.36 Å². The Hall–Kier alpha value is -1.67. The first-order valence-electron chi connectivity index (χ1n) is 5.98. The number of aromatic nitrogens is 2. The lowest BCUT2D eigenvalue weighted by molar-refractivity contribution is 0.587. The van der Waals surface area contributed by atoms with Crippen molar-refractivity contribution in [3.05, 3.63) is 45.6 Å². The monoisotopic (exact) mass is 313 g/mol. The molecule has 0 N–H and O–H groups in total. The summed E-state index contributed by atoms with van der Waals surface area (Å²) < 4.78 is 26.9. The Bertz CT molecular complexity index is 827. The standard InChI is InChI=1S/C12H15N3O3S2/c1-9(2)13-11-14(3)12(16)15(19-11)20(17,18)10-7-5-4-6-8-10/h4-9H,1-3H3. The van der Waals surface area contributed by atoms with E-state index in [4.69, 9.17) is 0 Å². The van der Waals surface area contributed by atoms with Gasteiger partial charge in [-0.25, -0.2) is 4.79 Å². The van der Waals surface area contributed by atoms with Crippen LogP contribution in [0.15, 0.2) is 45.0 Å². The van der Waals surface area contributed by atoms with Crippen LogP contribution in [0, 0.1) is 0 Å². The third kappa shape index (κ3) is 2.61. The second-order valence-corrected chi connectivity index (χ2v) is 7.41. The minimum Gasteiger partial charge on any atom is -0.270 e. The van der Waals surface area contributed by atoms with Crippen molar-refractivity contribution in [1.29, 1.82) is 0 Å². The summed E-state index contributed by atoms with van der Waals surface area (Å²) in [5, 5.41) is 0. The van der Waals surface area contributed by atoms with E-state index in [0.29, 0.717) is 4.80 Å². The van der Waals surface area contributed by atoms with E-state index in [0.717, 1.165) is 14.9 Å². The molecule has 2 aromatic rings. The van der Waals surface area contributed by atoms with Crippen LogP contribution in [0.25, 0.3) is 0 Å². The predicted octanol–water partition coefficient (Wildman–Crippen LogP) is 0.794. The van der Waals surface area contributed by atoms with Crippen molar-refractivity contribution in [2.75, 3.05) is 0 Å². The predicted molar refractivity (Wildman–Crippen MR) is 77.3 cm³/mol. The molecule has 0 saturated carbocycles. The summed E-state index contributed by atoms with van der Waals surface area (Å²) in [5.41, 5.74) is -0.613. The number of benzene rings is 1. The lowest BCUT2D eigenvalue weighted by Gasteiger charge is -2.01. The SMILES string of the molecule is CC(C)N=c1sn(S(=O)(=O)c2ccccc2)c(=O)n1C. The first-order valence-corrected chi connectivity index (χ1v) is 8.19. The van der Waals surface area contributed by atoms with Gasteiger partial charge in [0.05, 0.1) is 4.90 Å². The molecule has 0 fully saturated rings. The topological polar surface area (TPSA) is 73.4 Å². The maximum absolute atomic E-state index is 12.4. The molecule has 0 spiro atoms. The third-order valence-electron chi connectivity index (χ3n) is 2.52. The summed E-state index contributed by atoms with van der Waals surface area (Å²) >= 11 is 0.829. The zero-order chi connectivity index (χ0) is 14.9. The molecule has 8 heteroatoms. The average Bonchev–Trinajstić information content (AvgIpc) is 2.68. The Balaban J connectivity index is 2.70. The Morgan fingerprint density at radius 2 is 1.80 bits per heavy atom. The van der Waals surface area contributed by atoms with Crippen molar-refractivity contribution in [1.82, 2.24) is 7.93 Å². The smallest absolute Gasteiger partial charge is 0.270 e. The van der Waals surface area contributed by atoms with Crippen LogP contribution in [0.4, 0.5) is 0 Å². The largest absolute Gasteiger partial charge is 0.354 e. The first-order chi connectivity index (χ1) is 9.34. The van der Waals surface area contributed by atoms with Crippen LogP contribution in [0.2, 0.25) is 0 Å². The van der Waals surface area contributed by atoms with E-state index >= 15 is 0 Å². The lowest BCUT2D eigenvalue weighted by Crippen LogP contribution is -2.30. The highest BCUT2D eigenvalue weighted by Gasteiger charge is 2.21. The maximum atomic E-state index is 12.4. The van der Waals surface area contributed by atoms with Crippen molar-refractivity contribution >= 4 is 21.6 Å². The molecule has 0 amide bonds. The summed E-state index contributed by atoms with van der Waals surface area (Å²) in [7, 11) is -2.35. The minimum absolute atomic E-state index is 0.0212. The van der Waals surface area contributed by atoms with E-state index in [-0.39, 0.29) is 10.9 Å². The van der Waals surface area contributed by atoms with Crippen molar-refractivity contribution in [2.45, 2.75) is 24.8 Å². The van der Waals surface area contributed by atoms with E-state index in [1.165, 1.54) is 23.7 Å². The molecule has 0 unspecified atom stereocenters. The number of hydrogen-bond acceptors (Lipinski definition) is 5. The summed E-state index contributed by atoms with van der Waals surface area (Å²) in [5.74, 6) is 0. The molecule has 0 aliphatic rings. The highest BCUT2D eigenvalue weighted by Crippen LogP contribution is 2.11. The van der Waals surface area contributed by atoms with Gasteiger partial charge in [-0.1, -0.05) is 18.2 Å². The van der Waals surface area contributed by atoms with Gasteiger partial charge in [0.15, 0.2) is 0 Å². The quantitative estimate of drug-likeness (QED) is 0.841. The van der Waals surface area contributed by atoms with Gasteiger partial charge in [-0.3, -0.25) is 9.56 Å². The molecular weight excluding hydrogens is 298 g/mol. The van der Waals surface area contributed by atoms with Gasteiger partial charge in [0, 0.05) is 24.6 Å². The van der Waals surface area contributed by atoms with Crippen molar-refractivity contribution in [2.24, 2.45) is 12.0 Å². The molecule has 0 saturated heterocycles. The Kier molecular flexibility index (Phi) is 3.96. The van der Waals surface area contributed by atoms with Crippen LogP contribution in [0.1, 0.15) is 13.8 Å². The minimum atomic E-state index is -3.87. The van der Waals surface area contributed by atoms with E-state index in [1.54, 1.807) is 18.2 Å². The zero-order valence-electron chi connectivity index (χ0n) is 11.3. The second-order valence-electron chi connectivity index (χ2n) is 4.48. The Morgan fingerprint density at radius 3 is 2.35 bits per heavy atom. The van der Waals surface area contributed by atoms with Gasteiger partial charge in [0.1, 0.15) is 0 Å². The highest BCUT2D eigenvalue weighted by molar-refractivity contribution is 7.91. The van der Waals surface area contributed by atoms with E-state index in [9.17, 15) is 13.2 Å². The molecule has 0 bridgehead atoms. The summed E-state index contributed by atoms with van der Waals surface area (Å²) in [6.45, 7) is 3.72. The fraction of sp³-hybridized carbons (Fsp3) is 0.333. The normalized spacial score (nSPS) is 13.1. The van der Waals surface area contributed by atoms with Gasteiger partial charge in [0.25, 0.3) is 10.0 Å². The third-order valence-corrected chi connectivity index (χ3v) is 5.66. The summed E-state index contributed by atoms with van der Waals surface area (Å²) in [6, 6.07) is 7.85. The average molecular weight is 313 g/mol. The van der Waals surface area contributed by atoms with E-state index in [1.807, 2.05) is 13.8 Å². The van der Waals surface area contributed by atoms with Crippen molar-refractivity contribution < 1.29 is 8.42 Å². The van der Waals surface area contributed by atoms with Crippen LogP contribution in [-0.4, -0.2) is 22.4 Å². The zero-order valence-corrected chi connectivity index (χ0v) is 13.0. The molecule has 1 aromatic heterocycles.